The summed E-state index contributed by atoms with van der Waals surface area (Å²) < 4.78 is 5.27. The first-order valence-corrected chi connectivity index (χ1v) is 9.35. The second-order valence-electron chi connectivity index (χ2n) is 7.83. The summed E-state index contributed by atoms with van der Waals surface area (Å²) in [7, 11) is 0. The number of aryl methyl sites for hydroxylation is 1. The van der Waals surface area contributed by atoms with Crippen molar-refractivity contribution in [3.63, 3.8) is 0 Å². The van der Waals surface area contributed by atoms with Gasteiger partial charge in [0.05, 0.1) is 0 Å². The molecule has 0 aliphatic rings. The van der Waals surface area contributed by atoms with Gasteiger partial charge in [-0.1, -0.05) is 50.2 Å². The molecule has 1 heterocycles. The molecule has 7 nitrogen and oxygen atoms in total. The highest BCUT2D eigenvalue weighted by Gasteiger charge is 2.15. The molecule has 3 N–H and O–H groups in total. The van der Waals surface area contributed by atoms with Crippen molar-refractivity contribution >= 4 is 17.5 Å². The summed E-state index contributed by atoms with van der Waals surface area (Å²) in [5, 5.41) is 6.76. The highest BCUT2D eigenvalue weighted by Crippen LogP contribution is 2.25. The number of hydrogen-bond donors (Lipinski definition) is 2. The third-order valence-electron chi connectivity index (χ3n) is 4.50. The molecule has 0 radical (unpaired) electrons. The Bertz CT molecular complexity index is 1000. The Balaban J connectivity index is 1.56. The van der Waals surface area contributed by atoms with Crippen molar-refractivity contribution in [2.24, 2.45) is 5.73 Å². The Labute approximate surface area is 169 Å². The van der Waals surface area contributed by atoms with Gasteiger partial charge < -0.3 is 15.6 Å². The van der Waals surface area contributed by atoms with E-state index >= 15 is 0 Å². The monoisotopic (exact) mass is 392 g/mol. The normalized spacial score (nSPS) is 11.3. The number of aromatic nitrogens is 2. The van der Waals surface area contributed by atoms with Crippen LogP contribution in [0.3, 0.4) is 0 Å². The van der Waals surface area contributed by atoms with Gasteiger partial charge >= 0.3 is 0 Å². The van der Waals surface area contributed by atoms with E-state index < -0.39 is 5.91 Å². The number of nitrogens with zero attached hydrogens (tertiary/aromatic N) is 2. The molecule has 0 spiro atoms. The van der Waals surface area contributed by atoms with Gasteiger partial charge in [-0.2, -0.15) is 4.98 Å². The number of carbonyl (C=O) groups excluding carboxylic acids is 2. The Morgan fingerprint density at radius 1 is 1.03 bits per heavy atom. The van der Waals surface area contributed by atoms with Crippen molar-refractivity contribution in [3.05, 3.63) is 65.5 Å². The average Bonchev–Trinajstić information content (AvgIpc) is 3.15. The summed E-state index contributed by atoms with van der Waals surface area (Å²) in [5.74, 6) is 0.205. The van der Waals surface area contributed by atoms with Crippen molar-refractivity contribution in [1.29, 1.82) is 0 Å². The van der Waals surface area contributed by atoms with E-state index in [1.165, 1.54) is 5.56 Å². The maximum atomic E-state index is 12.1. The highest BCUT2D eigenvalue weighted by molar-refractivity contribution is 5.94. The number of nitrogens with two attached hydrogens (primary N) is 1. The maximum Gasteiger partial charge on any atom is 0.248 e. The zero-order valence-electron chi connectivity index (χ0n) is 16.7. The summed E-state index contributed by atoms with van der Waals surface area (Å²) >= 11 is 0. The minimum Gasteiger partial charge on any atom is -0.366 e. The Morgan fingerprint density at radius 2 is 1.69 bits per heavy atom. The van der Waals surface area contributed by atoms with Gasteiger partial charge in [0, 0.05) is 29.7 Å². The van der Waals surface area contributed by atoms with Crippen LogP contribution in [0.5, 0.6) is 0 Å². The number of carbonyl (C=O) groups is 2. The summed E-state index contributed by atoms with van der Waals surface area (Å²) in [6.07, 6.45) is 0.528. The second-order valence-corrected chi connectivity index (χ2v) is 7.83. The predicted octanol–water partition coefficient (Wildman–Crippen LogP) is 3.70. The van der Waals surface area contributed by atoms with Gasteiger partial charge in [0.25, 0.3) is 0 Å². The van der Waals surface area contributed by atoms with Gasteiger partial charge in [-0.3, -0.25) is 9.59 Å². The molecule has 7 heteroatoms. The molecule has 0 bridgehead atoms. The lowest BCUT2D eigenvalue weighted by atomic mass is 9.87. The van der Waals surface area contributed by atoms with Crippen LogP contribution in [0.1, 0.15) is 49.0 Å². The fourth-order valence-electron chi connectivity index (χ4n) is 2.75. The van der Waals surface area contributed by atoms with E-state index in [0.29, 0.717) is 29.4 Å². The van der Waals surface area contributed by atoms with Crippen LogP contribution in [-0.2, 0) is 16.6 Å². The van der Waals surface area contributed by atoms with Crippen molar-refractivity contribution in [1.82, 2.24) is 10.1 Å². The summed E-state index contributed by atoms with van der Waals surface area (Å²) in [6.45, 7) is 6.48. The van der Waals surface area contributed by atoms with Gasteiger partial charge in [0.2, 0.25) is 23.5 Å². The molecule has 0 saturated carbocycles. The van der Waals surface area contributed by atoms with Crippen LogP contribution in [0.25, 0.3) is 11.4 Å². The lowest BCUT2D eigenvalue weighted by Crippen LogP contribution is -2.13. The lowest BCUT2D eigenvalue weighted by Gasteiger charge is -2.18. The fourth-order valence-corrected chi connectivity index (χ4v) is 2.75. The minimum atomic E-state index is -0.511. The quantitative estimate of drug-likeness (QED) is 0.664. The molecule has 0 aliphatic carbocycles. The zero-order valence-corrected chi connectivity index (χ0v) is 16.7. The van der Waals surface area contributed by atoms with Crippen molar-refractivity contribution in [2.45, 2.75) is 39.0 Å². The van der Waals surface area contributed by atoms with Crippen LogP contribution < -0.4 is 11.1 Å². The largest absolute Gasteiger partial charge is 0.366 e. The second kappa shape index (κ2) is 8.26. The Morgan fingerprint density at radius 3 is 2.28 bits per heavy atom. The molecule has 29 heavy (non-hydrogen) atoms. The molecule has 2 aromatic carbocycles. The maximum absolute atomic E-state index is 12.1. The van der Waals surface area contributed by atoms with Gasteiger partial charge in [0.15, 0.2) is 0 Å². The molecule has 2 amide bonds. The molecule has 0 saturated heterocycles. The average molecular weight is 392 g/mol. The van der Waals surface area contributed by atoms with E-state index in [1.807, 2.05) is 12.1 Å². The first-order chi connectivity index (χ1) is 13.7. The fraction of sp³-hybridized carbons (Fsp3) is 0.273. The first-order valence-electron chi connectivity index (χ1n) is 9.35. The van der Waals surface area contributed by atoms with Gasteiger partial charge in [0.1, 0.15) is 0 Å². The number of anilines is 1. The van der Waals surface area contributed by atoms with E-state index in [-0.39, 0.29) is 17.7 Å². The van der Waals surface area contributed by atoms with Crippen LogP contribution in [0.15, 0.2) is 53.1 Å². The first kappa shape index (κ1) is 20.3. The van der Waals surface area contributed by atoms with E-state index in [2.05, 4.69) is 48.4 Å². The molecule has 3 rings (SSSR count). The summed E-state index contributed by atoms with van der Waals surface area (Å²) in [5.41, 5.74) is 8.34. The van der Waals surface area contributed by atoms with Crippen molar-refractivity contribution in [3.8, 4) is 11.4 Å². The SMILES string of the molecule is CC(C)(C)c1ccc(-c2noc(CCC(=O)Nc3ccc(C(N)=O)cc3)n2)cc1. The molecular formula is C22H24N4O3. The van der Waals surface area contributed by atoms with Crippen molar-refractivity contribution < 1.29 is 14.1 Å². The Hall–Kier alpha value is -3.48. The van der Waals surface area contributed by atoms with Gasteiger partial charge in [-0.05, 0) is 35.2 Å². The van der Waals surface area contributed by atoms with Crippen LogP contribution >= 0.6 is 0 Å². The molecule has 150 valence electrons. The number of nitrogens with one attached hydrogen (secondary N) is 1. The van der Waals surface area contributed by atoms with E-state index in [0.717, 1.165) is 5.56 Å². The molecule has 0 fully saturated rings. The molecule has 3 aromatic rings. The smallest absolute Gasteiger partial charge is 0.248 e. The standard InChI is InChI=1S/C22H24N4O3/c1-22(2,3)16-8-4-15(5-9-16)21-25-19(29-26-21)13-12-18(27)24-17-10-6-14(7-11-17)20(23)28/h4-11H,12-13H2,1-3H3,(H2,23,28)(H,24,27). The summed E-state index contributed by atoms with van der Waals surface area (Å²) in [6, 6.07) is 14.4. The van der Waals surface area contributed by atoms with E-state index in [4.69, 9.17) is 10.3 Å². The summed E-state index contributed by atoms with van der Waals surface area (Å²) in [4.78, 5) is 27.6. The van der Waals surface area contributed by atoms with Crippen LogP contribution in [-0.4, -0.2) is 22.0 Å². The molecule has 0 aliphatic heterocycles. The third-order valence-corrected chi connectivity index (χ3v) is 4.50. The molecule has 1 aromatic heterocycles. The van der Waals surface area contributed by atoms with Crippen molar-refractivity contribution in [2.75, 3.05) is 5.32 Å². The highest BCUT2D eigenvalue weighted by atomic mass is 16.5. The number of benzene rings is 2. The lowest BCUT2D eigenvalue weighted by molar-refractivity contribution is -0.116. The van der Waals surface area contributed by atoms with Crippen LogP contribution in [0, 0.1) is 0 Å². The topological polar surface area (TPSA) is 111 Å². The minimum absolute atomic E-state index is 0.0779. The number of rotatable bonds is 6. The predicted molar refractivity (Wildman–Crippen MR) is 110 cm³/mol. The van der Waals surface area contributed by atoms with Crippen LogP contribution in [0.2, 0.25) is 0 Å². The van der Waals surface area contributed by atoms with E-state index in [9.17, 15) is 9.59 Å². The van der Waals surface area contributed by atoms with E-state index in [1.54, 1.807) is 24.3 Å². The number of hydrogen-bond acceptors (Lipinski definition) is 5. The Kier molecular flexibility index (Phi) is 5.77. The zero-order chi connectivity index (χ0) is 21.0. The molecular weight excluding hydrogens is 368 g/mol. The number of primary amides is 1. The molecule has 0 unspecified atom stereocenters. The third kappa shape index (κ3) is 5.28. The molecule has 0 atom stereocenters. The number of amides is 2. The van der Waals surface area contributed by atoms with Crippen LogP contribution in [0.4, 0.5) is 5.69 Å². The van der Waals surface area contributed by atoms with Gasteiger partial charge in [-0.25, -0.2) is 0 Å². The van der Waals surface area contributed by atoms with Gasteiger partial charge in [-0.15, -0.1) is 0 Å².